The molecule has 1 unspecified atom stereocenters. The molecule has 0 radical (unpaired) electrons. The third-order valence-electron chi connectivity index (χ3n) is 5.32. The highest BCUT2D eigenvalue weighted by atomic mass is 35.5. The van der Waals surface area contributed by atoms with Crippen molar-refractivity contribution in [1.82, 2.24) is 20.4 Å². The summed E-state index contributed by atoms with van der Waals surface area (Å²) >= 11 is 11.7. The lowest BCUT2D eigenvalue weighted by molar-refractivity contribution is 0.183. The fourth-order valence-electron chi connectivity index (χ4n) is 3.61. The maximum Gasteiger partial charge on any atom is 0.258 e. The van der Waals surface area contributed by atoms with Crippen LogP contribution in [-0.2, 0) is 4.74 Å². The molecule has 2 aromatic carbocycles. The number of halogens is 1. The van der Waals surface area contributed by atoms with Crippen LogP contribution in [0.15, 0.2) is 58.8 Å². The molecule has 0 spiro atoms. The Labute approximate surface area is 197 Å². The highest BCUT2D eigenvalue weighted by Crippen LogP contribution is 2.37. The molecule has 0 fully saturated rings. The number of thiocarbonyl (C=S) groups is 1. The van der Waals surface area contributed by atoms with E-state index in [4.69, 9.17) is 37.8 Å². The molecule has 0 saturated heterocycles. The van der Waals surface area contributed by atoms with Gasteiger partial charge in [-0.05, 0) is 61.1 Å². The minimum Gasteiger partial charge on any atom is -0.497 e. The average molecular weight is 471 g/mol. The standard InChI is InChI=1S/C23H23ClN4O3S/c1-14-19(22-26-21(27-31-22)16-4-8-17(24)9-5-16)20(15-6-10-18(30-3)11-7-15)25-23(32)28(14)12-13-29-2/h4-11,20H,12-13H2,1-3H3,(H,25,32). The topological polar surface area (TPSA) is 72.7 Å². The highest BCUT2D eigenvalue weighted by molar-refractivity contribution is 7.80. The maximum absolute atomic E-state index is 6.01. The summed E-state index contributed by atoms with van der Waals surface area (Å²) in [5.74, 6) is 1.69. The van der Waals surface area contributed by atoms with Gasteiger partial charge in [-0.3, -0.25) is 0 Å². The van der Waals surface area contributed by atoms with Gasteiger partial charge in [0.15, 0.2) is 5.11 Å². The smallest absolute Gasteiger partial charge is 0.258 e. The molecule has 1 aliphatic rings. The molecule has 9 heteroatoms. The Morgan fingerprint density at radius 1 is 1.12 bits per heavy atom. The second-order valence-electron chi connectivity index (χ2n) is 7.23. The number of rotatable bonds is 7. The summed E-state index contributed by atoms with van der Waals surface area (Å²) in [5, 5.41) is 8.88. The normalized spacial score (nSPS) is 16.3. The highest BCUT2D eigenvalue weighted by Gasteiger charge is 2.34. The Kier molecular flexibility index (Phi) is 6.74. The fraction of sp³-hybridized carbons (Fsp3) is 0.261. The first-order valence-electron chi connectivity index (χ1n) is 10.0. The van der Waals surface area contributed by atoms with Gasteiger partial charge in [0.2, 0.25) is 5.82 Å². The molecule has 4 rings (SSSR count). The van der Waals surface area contributed by atoms with Crippen molar-refractivity contribution in [2.24, 2.45) is 0 Å². The van der Waals surface area contributed by atoms with Crippen LogP contribution in [0.3, 0.4) is 0 Å². The van der Waals surface area contributed by atoms with Gasteiger partial charge in [-0.1, -0.05) is 28.9 Å². The first-order valence-corrected chi connectivity index (χ1v) is 10.8. The number of ether oxygens (including phenoxy) is 2. The number of methoxy groups -OCH3 is 2. The van der Waals surface area contributed by atoms with Crippen molar-refractivity contribution in [2.45, 2.75) is 13.0 Å². The number of allylic oxidation sites excluding steroid dienone is 1. The van der Waals surface area contributed by atoms with E-state index in [-0.39, 0.29) is 6.04 Å². The predicted octanol–water partition coefficient (Wildman–Crippen LogP) is 4.71. The van der Waals surface area contributed by atoms with Gasteiger partial charge < -0.3 is 24.2 Å². The number of aromatic nitrogens is 2. The van der Waals surface area contributed by atoms with E-state index in [1.54, 1.807) is 26.4 Å². The second-order valence-corrected chi connectivity index (χ2v) is 8.05. The molecule has 0 bridgehead atoms. The van der Waals surface area contributed by atoms with E-state index in [1.165, 1.54) is 0 Å². The van der Waals surface area contributed by atoms with Crippen LogP contribution < -0.4 is 10.1 Å². The fourth-order valence-corrected chi connectivity index (χ4v) is 4.08. The summed E-state index contributed by atoms with van der Waals surface area (Å²) in [4.78, 5) is 6.68. The molecule has 166 valence electrons. The Hall–Kier alpha value is -2.94. The van der Waals surface area contributed by atoms with E-state index < -0.39 is 0 Å². The maximum atomic E-state index is 6.01. The molecule has 0 amide bonds. The van der Waals surface area contributed by atoms with Crippen molar-refractivity contribution in [3.8, 4) is 17.1 Å². The van der Waals surface area contributed by atoms with Crippen molar-refractivity contribution in [3.05, 3.63) is 70.7 Å². The zero-order valence-corrected chi connectivity index (χ0v) is 19.5. The Morgan fingerprint density at radius 2 is 1.84 bits per heavy atom. The molecule has 1 N–H and O–H groups in total. The van der Waals surface area contributed by atoms with Crippen molar-refractivity contribution in [1.29, 1.82) is 0 Å². The SMILES string of the molecule is COCCN1C(=S)NC(c2ccc(OC)cc2)C(c2nc(-c3ccc(Cl)cc3)no2)=C1C. The third kappa shape index (κ3) is 4.48. The van der Waals surface area contributed by atoms with Crippen molar-refractivity contribution in [3.63, 3.8) is 0 Å². The molecular formula is C23H23ClN4O3S. The first kappa shape index (κ1) is 22.3. The molecule has 1 aliphatic heterocycles. The van der Waals surface area contributed by atoms with Gasteiger partial charge >= 0.3 is 0 Å². The lowest BCUT2D eigenvalue weighted by Crippen LogP contribution is -2.47. The van der Waals surface area contributed by atoms with Crippen LogP contribution in [-0.4, -0.2) is 47.5 Å². The van der Waals surface area contributed by atoms with Crippen LogP contribution in [0.2, 0.25) is 5.02 Å². The van der Waals surface area contributed by atoms with Gasteiger partial charge in [0, 0.05) is 29.9 Å². The molecule has 3 aromatic rings. The monoisotopic (exact) mass is 470 g/mol. The summed E-state index contributed by atoms with van der Waals surface area (Å²) in [6.07, 6.45) is 0. The predicted molar refractivity (Wildman–Crippen MR) is 127 cm³/mol. The largest absolute Gasteiger partial charge is 0.497 e. The number of nitrogens with one attached hydrogen (secondary N) is 1. The van der Waals surface area contributed by atoms with Gasteiger partial charge in [0.25, 0.3) is 5.89 Å². The Bertz CT molecular complexity index is 1130. The van der Waals surface area contributed by atoms with Crippen LogP contribution in [0, 0.1) is 0 Å². The Morgan fingerprint density at radius 3 is 2.50 bits per heavy atom. The minimum absolute atomic E-state index is 0.259. The molecule has 1 aromatic heterocycles. The molecule has 7 nitrogen and oxygen atoms in total. The summed E-state index contributed by atoms with van der Waals surface area (Å²) in [6.45, 7) is 3.13. The van der Waals surface area contributed by atoms with E-state index in [1.807, 2.05) is 48.2 Å². The summed E-state index contributed by atoms with van der Waals surface area (Å²) in [5.41, 5.74) is 3.60. The quantitative estimate of drug-likeness (QED) is 0.498. The van der Waals surface area contributed by atoms with Crippen LogP contribution >= 0.6 is 23.8 Å². The van der Waals surface area contributed by atoms with Crippen LogP contribution in [0.5, 0.6) is 5.75 Å². The second kappa shape index (κ2) is 9.68. The molecular weight excluding hydrogens is 448 g/mol. The average Bonchev–Trinajstić information content (AvgIpc) is 3.29. The first-order chi connectivity index (χ1) is 15.5. The van der Waals surface area contributed by atoms with E-state index in [2.05, 4.69) is 15.5 Å². The summed E-state index contributed by atoms with van der Waals surface area (Å²) < 4.78 is 16.3. The lowest BCUT2D eigenvalue weighted by atomic mass is 9.94. The van der Waals surface area contributed by atoms with E-state index >= 15 is 0 Å². The number of hydrogen-bond acceptors (Lipinski definition) is 6. The number of nitrogens with zero attached hydrogens (tertiary/aromatic N) is 3. The van der Waals surface area contributed by atoms with E-state index in [0.29, 0.717) is 35.0 Å². The molecule has 32 heavy (non-hydrogen) atoms. The minimum atomic E-state index is -0.259. The van der Waals surface area contributed by atoms with Gasteiger partial charge in [0.05, 0.1) is 25.3 Å². The number of benzene rings is 2. The van der Waals surface area contributed by atoms with Gasteiger partial charge in [-0.25, -0.2) is 0 Å². The lowest BCUT2D eigenvalue weighted by Gasteiger charge is -2.37. The number of hydrogen-bond donors (Lipinski definition) is 1. The van der Waals surface area contributed by atoms with Crippen molar-refractivity contribution >= 4 is 34.5 Å². The van der Waals surface area contributed by atoms with Crippen LogP contribution in [0.4, 0.5) is 0 Å². The van der Waals surface area contributed by atoms with E-state index in [9.17, 15) is 0 Å². The summed E-state index contributed by atoms with van der Waals surface area (Å²) in [7, 11) is 3.31. The van der Waals surface area contributed by atoms with Crippen molar-refractivity contribution < 1.29 is 14.0 Å². The molecule has 0 saturated carbocycles. The molecule has 2 heterocycles. The zero-order valence-electron chi connectivity index (χ0n) is 18.0. The molecule has 0 aliphatic carbocycles. The van der Waals surface area contributed by atoms with E-state index in [0.717, 1.165) is 28.1 Å². The zero-order chi connectivity index (χ0) is 22.7. The van der Waals surface area contributed by atoms with Crippen LogP contribution in [0.25, 0.3) is 17.0 Å². The summed E-state index contributed by atoms with van der Waals surface area (Å²) in [6, 6.07) is 14.9. The van der Waals surface area contributed by atoms with Gasteiger partial charge in [-0.2, -0.15) is 4.98 Å². The van der Waals surface area contributed by atoms with Crippen molar-refractivity contribution in [2.75, 3.05) is 27.4 Å². The molecule has 1 atom stereocenters. The van der Waals surface area contributed by atoms with Gasteiger partial charge in [0.1, 0.15) is 5.75 Å². The Balaban J connectivity index is 1.77. The van der Waals surface area contributed by atoms with Gasteiger partial charge in [-0.15, -0.1) is 0 Å². The van der Waals surface area contributed by atoms with Crippen LogP contribution in [0.1, 0.15) is 24.4 Å². The third-order valence-corrected chi connectivity index (χ3v) is 5.91.